The van der Waals surface area contributed by atoms with Crippen molar-refractivity contribution < 1.29 is 9.84 Å². The smallest absolute Gasteiger partial charge is 0.121 e. The van der Waals surface area contributed by atoms with Crippen LogP contribution in [0, 0.1) is 0 Å². The minimum atomic E-state index is -0.164. The number of hydrogen-bond acceptors (Lipinski definition) is 4. The van der Waals surface area contributed by atoms with Crippen LogP contribution in [0.3, 0.4) is 0 Å². The normalized spacial score (nSPS) is 17.6. The van der Waals surface area contributed by atoms with Crippen molar-refractivity contribution in [1.29, 1.82) is 0 Å². The first kappa shape index (κ1) is 11.1. The molecule has 0 spiro atoms. The Bertz CT molecular complexity index is 370. The van der Waals surface area contributed by atoms with Gasteiger partial charge in [0.15, 0.2) is 0 Å². The number of hydrogen-bond donors (Lipinski definition) is 3. The van der Waals surface area contributed by atoms with Gasteiger partial charge >= 0.3 is 0 Å². The molecule has 1 aromatic rings. The zero-order valence-corrected chi connectivity index (χ0v) is 9.49. The van der Waals surface area contributed by atoms with Crippen LogP contribution in [0.15, 0.2) is 18.2 Å². The van der Waals surface area contributed by atoms with Crippen LogP contribution in [-0.4, -0.2) is 24.4 Å². The van der Waals surface area contributed by atoms with Crippen LogP contribution < -0.4 is 15.8 Å². The van der Waals surface area contributed by atoms with Crippen LogP contribution in [0.1, 0.15) is 19.3 Å². The number of nitrogen functional groups attached to an aromatic ring is 1. The highest BCUT2D eigenvalue weighted by Gasteiger charge is 2.36. The molecule has 4 nitrogen and oxygen atoms in total. The Balaban J connectivity index is 2.15. The summed E-state index contributed by atoms with van der Waals surface area (Å²) in [6.07, 6.45) is 3.15. The van der Waals surface area contributed by atoms with E-state index in [1.807, 2.05) is 12.1 Å². The number of ether oxygens (including phenoxy) is 1. The van der Waals surface area contributed by atoms with Gasteiger partial charge in [0.05, 0.1) is 30.6 Å². The van der Waals surface area contributed by atoms with Gasteiger partial charge < -0.3 is 20.9 Å². The average Bonchev–Trinajstić information content (AvgIpc) is 2.25. The molecule has 0 heterocycles. The first-order valence-corrected chi connectivity index (χ1v) is 5.52. The molecule has 0 aromatic heterocycles. The minimum absolute atomic E-state index is 0.151. The van der Waals surface area contributed by atoms with Crippen molar-refractivity contribution >= 4 is 11.4 Å². The van der Waals surface area contributed by atoms with Crippen molar-refractivity contribution in [3.8, 4) is 5.75 Å². The van der Waals surface area contributed by atoms with Crippen LogP contribution in [0.25, 0.3) is 0 Å². The average molecular weight is 222 g/mol. The van der Waals surface area contributed by atoms with Crippen molar-refractivity contribution in [2.45, 2.75) is 24.8 Å². The first-order valence-electron chi connectivity index (χ1n) is 5.52. The zero-order chi connectivity index (χ0) is 11.6. The number of aliphatic hydroxyl groups is 1. The van der Waals surface area contributed by atoms with E-state index in [0.29, 0.717) is 5.69 Å². The van der Waals surface area contributed by atoms with E-state index >= 15 is 0 Å². The Morgan fingerprint density at radius 3 is 2.69 bits per heavy atom. The minimum Gasteiger partial charge on any atom is -0.497 e. The van der Waals surface area contributed by atoms with Gasteiger partial charge in [-0.25, -0.2) is 0 Å². The number of aliphatic hydroxyl groups excluding tert-OH is 1. The van der Waals surface area contributed by atoms with E-state index in [2.05, 4.69) is 5.32 Å². The molecule has 0 unspecified atom stereocenters. The SMILES string of the molecule is COc1ccc(NC2(CO)CCC2)c(N)c1. The predicted molar refractivity (Wildman–Crippen MR) is 64.7 cm³/mol. The molecule has 0 amide bonds. The Morgan fingerprint density at radius 2 is 2.25 bits per heavy atom. The number of rotatable bonds is 4. The lowest BCUT2D eigenvalue weighted by Gasteiger charge is -2.42. The van der Waals surface area contributed by atoms with Crippen molar-refractivity contribution in [2.24, 2.45) is 0 Å². The van der Waals surface area contributed by atoms with Crippen LogP contribution in [-0.2, 0) is 0 Å². The number of nitrogens with two attached hydrogens (primary N) is 1. The summed E-state index contributed by atoms with van der Waals surface area (Å²) in [5.41, 5.74) is 7.27. The van der Waals surface area contributed by atoms with Gasteiger partial charge in [-0.3, -0.25) is 0 Å². The fourth-order valence-electron chi connectivity index (χ4n) is 1.99. The summed E-state index contributed by atoms with van der Waals surface area (Å²) in [5, 5.41) is 12.7. The lowest BCUT2D eigenvalue weighted by Crippen LogP contribution is -2.48. The zero-order valence-electron chi connectivity index (χ0n) is 9.49. The van der Waals surface area contributed by atoms with Gasteiger partial charge in [0.25, 0.3) is 0 Å². The molecular weight excluding hydrogens is 204 g/mol. The van der Waals surface area contributed by atoms with Gasteiger partial charge in [0.2, 0.25) is 0 Å². The fraction of sp³-hybridized carbons (Fsp3) is 0.500. The molecule has 1 fully saturated rings. The maximum absolute atomic E-state index is 9.36. The van der Waals surface area contributed by atoms with E-state index < -0.39 is 0 Å². The molecule has 2 rings (SSSR count). The van der Waals surface area contributed by atoms with Crippen LogP contribution in [0.4, 0.5) is 11.4 Å². The summed E-state index contributed by atoms with van der Waals surface area (Å²) in [4.78, 5) is 0. The van der Waals surface area contributed by atoms with Gasteiger partial charge in [0.1, 0.15) is 5.75 Å². The number of anilines is 2. The molecule has 1 aliphatic carbocycles. The van der Waals surface area contributed by atoms with E-state index in [0.717, 1.165) is 30.7 Å². The highest BCUT2D eigenvalue weighted by molar-refractivity contribution is 5.69. The third kappa shape index (κ3) is 1.93. The van der Waals surface area contributed by atoms with E-state index in [-0.39, 0.29) is 12.1 Å². The van der Waals surface area contributed by atoms with Crippen molar-refractivity contribution in [3.05, 3.63) is 18.2 Å². The van der Waals surface area contributed by atoms with Crippen molar-refractivity contribution in [1.82, 2.24) is 0 Å². The summed E-state index contributed by atoms with van der Waals surface area (Å²) >= 11 is 0. The molecule has 16 heavy (non-hydrogen) atoms. The monoisotopic (exact) mass is 222 g/mol. The lowest BCUT2D eigenvalue weighted by molar-refractivity contribution is 0.144. The van der Waals surface area contributed by atoms with E-state index in [9.17, 15) is 5.11 Å². The molecule has 1 saturated carbocycles. The second-order valence-corrected chi connectivity index (χ2v) is 4.37. The van der Waals surface area contributed by atoms with Gasteiger partial charge in [0, 0.05) is 6.07 Å². The number of benzene rings is 1. The van der Waals surface area contributed by atoms with E-state index in [1.54, 1.807) is 13.2 Å². The van der Waals surface area contributed by atoms with Gasteiger partial charge in [-0.05, 0) is 31.4 Å². The topological polar surface area (TPSA) is 67.5 Å². The maximum Gasteiger partial charge on any atom is 0.121 e. The quantitative estimate of drug-likeness (QED) is 0.677. The summed E-state index contributed by atoms with van der Waals surface area (Å²) in [6, 6.07) is 5.54. The van der Waals surface area contributed by atoms with Gasteiger partial charge in [-0.2, -0.15) is 0 Å². The van der Waals surface area contributed by atoms with Gasteiger partial charge in [-0.15, -0.1) is 0 Å². The summed E-state index contributed by atoms with van der Waals surface area (Å²) < 4.78 is 5.09. The Labute approximate surface area is 95.4 Å². The van der Waals surface area contributed by atoms with Crippen molar-refractivity contribution in [3.63, 3.8) is 0 Å². The van der Waals surface area contributed by atoms with Crippen LogP contribution in [0.2, 0.25) is 0 Å². The third-order valence-corrected chi connectivity index (χ3v) is 3.27. The maximum atomic E-state index is 9.36. The second kappa shape index (κ2) is 4.22. The highest BCUT2D eigenvalue weighted by atomic mass is 16.5. The van der Waals surface area contributed by atoms with E-state index in [1.165, 1.54) is 0 Å². The molecule has 0 radical (unpaired) electrons. The van der Waals surface area contributed by atoms with Crippen LogP contribution >= 0.6 is 0 Å². The fourth-order valence-corrected chi connectivity index (χ4v) is 1.99. The molecule has 4 N–H and O–H groups in total. The second-order valence-electron chi connectivity index (χ2n) is 4.37. The molecule has 0 aliphatic heterocycles. The van der Waals surface area contributed by atoms with E-state index in [4.69, 9.17) is 10.5 Å². The Hall–Kier alpha value is -1.42. The highest BCUT2D eigenvalue weighted by Crippen LogP contribution is 2.37. The third-order valence-electron chi connectivity index (χ3n) is 3.27. The molecule has 0 bridgehead atoms. The number of nitrogens with one attached hydrogen (secondary N) is 1. The Kier molecular flexibility index (Phi) is 2.92. The summed E-state index contributed by atoms with van der Waals surface area (Å²) in [7, 11) is 1.61. The molecule has 1 aliphatic rings. The molecule has 88 valence electrons. The lowest BCUT2D eigenvalue weighted by atomic mass is 9.77. The van der Waals surface area contributed by atoms with Gasteiger partial charge in [-0.1, -0.05) is 0 Å². The molecule has 4 heteroatoms. The molecule has 1 aromatic carbocycles. The largest absolute Gasteiger partial charge is 0.497 e. The molecule has 0 atom stereocenters. The predicted octanol–water partition coefficient (Wildman–Crippen LogP) is 1.60. The van der Waals surface area contributed by atoms with Crippen LogP contribution in [0.5, 0.6) is 5.75 Å². The summed E-state index contributed by atoms with van der Waals surface area (Å²) in [6.45, 7) is 0.151. The number of methoxy groups -OCH3 is 1. The standard InChI is InChI=1S/C12H18N2O2/c1-16-9-3-4-11(10(13)7-9)14-12(8-15)5-2-6-12/h3-4,7,14-15H,2,5-6,8,13H2,1H3. The molecular formula is C12H18N2O2. The first-order chi connectivity index (χ1) is 7.69. The summed E-state index contributed by atoms with van der Waals surface area (Å²) in [5.74, 6) is 0.745. The Morgan fingerprint density at radius 1 is 1.50 bits per heavy atom. The van der Waals surface area contributed by atoms with Crippen molar-refractivity contribution in [2.75, 3.05) is 24.8 Å². The molecule has 0 saturated heterocycles.